The molecule has 1 aliphatic heterocycles. The van der Waals surface area contributed by atoms with Crippen LogP contribution in [0.4, 0.5) is 4.39 Å². The molecule has 2 N–H and O–H groups in total. The average molecular weight is 363 g/mol. The summed E-state index contributed by atoms with van der Waals surface area (Å²) in [6, 6.07) is 6.41. The van der Waals surface area contributed by atoms with E-state index in [2.05, 4.69) is 10.1 Å². The lowest BCUT2D eigenvalue weighted by Crippen LogP contribution is -3.14. The Balaban J connectivity index is 1.80. The second-order valence-electron chi connectivity index (χ2n) is 6.12. The van der Waals surface area contributed by atoms with E-state index in [-0.39, 0.29) is 17.7 Å². The highest BCUT2D eigenvalue weighted by Crippen LogP contribution is 2.35. The van der Waals surface area contributed by atoms with Crippen LogP contribution in [-0.4, -0.2) is 46.0 Å². The summed E-state index contributed by atoms with van der Waals surface area (Å²) in [6.45, 7) is 4.99. The number of aromatic nitrogens is 3. The lowest BCUT2D eigenvalue weighted by Gasteiger charge is -2.31. The highest BCUT2D eigenvalue weighted by atomic mass is 32.1. The first-order valence-electron chi connectivity index (χ1n) is 8.42. The minimum absolute atomic E-state index is 0.0944. The Morgan fingerprint density at radius 2 is 2.04 bits per heavy atom. The van der Waals surface area contributed by atoms with Crippen molar-refractivity contribution >= 4 is 16.3 Å². The summed E-state index contributed by atoms with van der Waals surface area (Å²) in [4.78, 5) is 7.24. The third kappa shape index (κ3) is 3.01. The third-order valence-electron chi connectivity index (χ3n) is 4.57. The fourth-order valence-electron chi connectivity index (χ4n) is 3.28. The standard InChI is InChI=1S/C17H19FN4O2S/c1-2-13-19-17-22(20-13)16(23)15(25-17)14(21-7-9-24-10-8-21)11-3-5-12(18)6-4-11/h3-6,14,23H,2,7-10H2,1H3/p+1/t14-/m0/s1. The number of ether oxygens (including phenoxy) is 1. The summed E-state index contributed by atoms with van der Waals surface area (Å²) in [5.74, 6) is 0.574. The molecule has 0 aliphatic carbocycles. The van der Waals surface area contributed by atoms with Gasteiger partial charge in [-0.2, -0.15) is 4.52 Å². The van der Waals surface area contributed by atoms with Gasteiger partial charge in [0, 0.05) is 12.0 Å². The van der Waals surface area contributed by atoms with Crippen molar-refractivity contribution in [3.05, 3.63) is 46.3 Å². The van der Waals surface area contributed by atoms with Gasteiger partial charge in [0.2, 0.25) is 10.8 Å². The molecular weight excluding hydrogens is 343 g/mol. The molecule has 4 rings (SSSR count). The molecule has 0 saturated carbocycles. The number of hydrogen-bond acceptors (Lipinski definition) is 5. The van der Waals surface area contributed by atoms with Crippen LogP contribution in [0.2, 0.25) is 0 Å². The SMILES string of the molecule is CCc1nc2sc([C@H](c3ccc(F)cc3)[NH+]3CCOCC3)c(O)n2n1. The van der Waals surface area contributed by atoms with Crippen molar-refractivity contribution < 1.29 is 19.1 Å². The molecule has 1 aliphatic rings. The maximum atomic E-state index is 13.4. The van der Waals surface area contributed by atoms with Gasteiger partial charge in [-0.15, -0.1) is 5.10 Å². The number of morpholine rings is 1. The number of fused-ring (bicyclic) bond motifs is 1. The topological polar surface area (TPSA) is 64.1 Å². The number of halogens is 1. The fraction of sp³-hybridized carbons (Fsp3) is 0.412. The molecule has 0 bridgehead atoms. The zero-order valence-electron chi connectivity index (χ0n) is 13.9. The summed E-state index contributed by atoms with van der Waals surface area (Å²) >= 11 is 1.44. The van der Waals surface area contributed by atoms with Gasteiger partial charge in [-0.3, -0.25) is 0 Å². The van der Waals surface area contributed by atoms with Crippen LogP contribution in [0, 0.1) is 5.82 Å². The predicted molar refractivity (Wildman–Crippen MR) is 91.7 cm³/mol. The molecule has 0 amide bonds. The Bertz CT molecular complexity index is 871. The number of thiazole rings is 1. The Labute approximate surface area is 148 Å². The summed E-state index contributed by atoms with van der Waals surface area (Å²) in [6.07, 6.45) is 0.722. The molecule has 2 aromatic heterocycles. The van der Waals surface area contributed by atoms with E-state index in [1.165, 1.54) is 32.9 Å². The Morgan fingerprint density at radius 1 is 1.32 bits per heavy atom. The van der Waals surface area contributed by atoms with Crippen LogP contribution in [0.25, 0.3) is 4.96 Å². The molecule has 1 saturated heterocycles. The highest BCUT2D eigenvalue weighted by Gasteiger charge is 2.33. The maximum Gasteiger partial charge on any atom is 0.235 e. The van der Waals surface area contributed by atoms with Crippen LogP contribution in [-0.2, 0) is 11.2 Å². The molecule has 0 spiro atoms. The van der Waals surface area contributed by atoms with Crippen molar-refractivity contribution in [3.8, 4) is 5.88 Å². The van der Waals surface area contributed by atoms with E-state index in [4.69, 9.17) is 4.74 Å². The van der Waals surface area contributed by atoms with Crippen molar-refractivity contribution in [2.75, 3.05) is 26.3 Å². The number of rotatable bonds is 4. The molecule has 1 atom stereocenters. The largest absolute Gasteiger partial charge is 0.492 e. The van der Waals surface area contributed by atoms with Gasteiger partial charge in [0.1, 0.15) is 23.8 Å². The molecular formula is C17H20FN4O2S+. The van der Waals surface area contributed by atoms with Gasteiger partial charge < -0.3 is 14.7 Å². The first-order valence-corrected chi connectivity index (χ1v) is 9.24. The molecule has 8 heteroatoms. The predicted octanol–water partition coefficient (Wildman–Crippen LogP) is 1.20. The van der Waals surface area contributed by atoms with Gasteiger partial charge in [0.05, 0.1) is 13.2 Å². The van der Waals surface area contributed by atoms with E-state index in [0.29, 0.717) is 24.0 Å². The van der Waals surface area contributed by atoms with Gasteiger partial charge in [-0.1, -0.05) is 18.3 Å². The second kappa shape index (κ2) is 6.70. The molecule has 1 aromatic carbocycles. The van der Waals surface area contributed by atoms with E-state index < -0.39 is 0 Å². The number of benzene rings is 1. The van der Waals surface area contributed by atoms with Gasteiger partial charge in [-0.25, -0.2) is 9.37 Å². The maximum absolute atomic E-state index is 13.4. The van der Waals surface area contributed by atoms with Crippen molar-refractivity contribution in [2.45, 2.75) is 19.4 Å². The molecule has 3 heterocycles. The number of aromatic hydroxyl groups is 1. The summed E-state index contributed by atoms with van der Waals surface area (Å²) < 4.78 is 20.4. The Hall–Kier alpha value is -2.03. The molecule has 25 heavy (non-hydrogen) atoms. The Kier molecular flexibility index (Phi) is 4.41. The number of hydrogen-bond donors (Lipinski definition) is 2. The molecule has 0 radical (unpaired) electrons. The number of quaternary nitrogens is 1. The van der Waals surface area contributed by atoms with Crippen LogP contribution >= 0.6 is 11.3 Å². The summed E-state index contributed by atoms with van der Waals surface area (Å²) in [5.41, 5.74) is 0.966. The van der Waals surface area contributed by atoms with Crippen molar-refractivity contribution in [1.29, 1.82) is 0 Å². The van der Waals surface area contributed by atoms with Gasteiger partial charge in [-0.05, 0) is 24.3 Å². The molecule has 0 unspecified atom stereocenters. The zero-order chi connectivity index (χ0) is 17.4. The number of nitrogens with zero attached hydrogens (tertiary/aromatic N) is 3. The Morgan fingerprint density at radius 3 is 2.68 bits per heavy atom. The lowest BCUT2D eigenvalue weighted by molar-refractivity contribution is -0.932. The van der Waals surface area contributed by atoms with Gasteiger partial charge in [0.25, 0.3) is 0 Å². The quantitative estimate of drug-likeness (QED) is 0.731. The van der Waals surface area contributed by atoms with Crippen molar-refractivity contribution in [2.24, 2.45) is 0 Å². The molecule has 6 nitrogen and oxygen atoms in total. The normalized spacial score (nSPS) is 17.2. The van der Waals surface area contributed by atoms with Crippen LogP contribution in [0.5, 0.6) is 5.88 Å². The van der Waals surface area contributed by atoms with Gasteiger partial charge >= 0.3 is 0 Å². The fourth-order valence-corrected chi connectivity index (χ4v) is 4.44. The monoisotopic (exact) mass is 363 g/mol. The summed E-state index contributed by atoms with van der Waals surface area (Å²) in [7, 11) is 0. The van der Waals surface area contributed by atoms with Gasteiger partial charge in [0.15, 0.2) is 11.9 Å². The number of nitrogens with one attached hydrogen (secondary N) is 1. The lowest BCUT2D eigenvalue weighted by atomic mass is 10.0. The third-order valence-corrected chi connectivity index (χ3v) is 5.65. The molecule has 3 aromatic rings. The van der Waals surface area contributed by atoms with Crippen LogP contribution in [0.3, 0.4) is 0 Å². The highest BCUT2D eigenvalue weighted by molar-refractivity contribution is 7.17. The van der Waals surface area contributed by atoms with E-state index >= 15 is 0 Å². The minimum Gasteiger partial charge on any atom is -0.492 e. The van der Waals surface area contributed by atoms with E-state index in [1.807, 2.05) is 6.92 Å². The van der Waals surface area contributed by atoms with E-state index in [9.17, 15) is 9.50 Å². The minimum atomic E-state index is -0.265. The first kappa shape index (κ1) is 16.4. The van der Waals surface area contributed by atoms with E-state index in [0.717, 1.165) is 30.0 Å². The van der Waals surface area contributed by atoms with Crippen LogP contribution in [0.15, 0.2) is 24.3 Å². The summed E-state index contributed by atoms with van der Waals surface area (Å²) in [5, 5.41) is 15.1. The first-order chi connectivity index (χ1) is 12.2. The van der Waals surface area contributed by atoms with E-state index in [1.54, 1.807) is 12.1 Å². The average Bonchev–Trinajstić information content (AvgIpc) is 3.18. The van der Waals surface area contributed by atoms with Crippen LogP contribution < -0.4 is 4.90 Å². The zero-order valence-corrected chi connectivity index (χ0v) is 14.7. The number of aryl methyl sites for hydroxylation is 1. The van der Waals surface area contributed by atoms with Crippen molar-refractivity contribution in [3.63, 3.8) is 0 Å². The molecule has 1 fully saturated rings. The second-order valence-corrected chi connectivity index (χ2v) is 7.13. The molecule has 132 valence electrons. The van der Waals surface area contributed by atoms with Crippen molar-refractivity contribution in [1.82, 2.24) is 14.6 Å². The smallest absolute Gasteiger partial charge is 0.235 e. The van der Waals surface area contributed by atoms with Crippen LogP contribution in [0.1, 0.15) is 29.2 Å².